The highest BCUT2D eigenvalue weighted by Gasteiger charge is 2.21. The van der Waals surface area contributed by atoms with Crippen LogP contribution in [-0.2, 0) is 6.42 Å². The molecule has 0 fully saturated rings. The Kier molecular flexibility index (Phi) is 5.28. The van der Waals surface area contributed by atoms with Gasteiger partial charge in [0.1, 0.15) is 11.6 Å². The molecule has 21 heavy (non-hydrogen) atoms. The third-order valence-electron chi connectivity index (χ3n) is 3.51. The first kappa shape index (κ1) is 15.4. The van der Waals surface area contributed by atoms with Crippen molar-refractivity contribution in [1.82, 2.24) is 10.3 Å². The number of aromatic nitrogens is 1. The smallest absolute Gasteiger partial charge is 0.132 e. The van der Waals surface area contributed by atoms with Gasteiger partial charge in [0.25, 0.3) is 0 Å². The molecule has 1 aromatic heterocycles. The van der Waals surface area contributed by atoms with Crippen molar-refractivity contribution < 1.29 is 9.13 Å². The molecule has 0 spiro atoms. The van der Waals surface area contributed by atoms with Gasteiger partial charge >= 0.3 is 0 Å². The van der Waals surface area contributed by atoms with Crippen molar-refractivity contribution in [3.63, 3.8) is 0 Å². The number of rotatable bonds is 6. The van der Waals surface area contributed by atoms with E-state index in [-0.39, 0.29) is 11.9 Å². The van der Waals surface area contributed by atoms with E-state index in [2.05, 4.69) is 17.2 Å². The molecule has 2 aromatic rings. The van der Waals surface area contributed by atoms with Gasteiger partial charge < -0.3 is 10.1 Å². The second-order valence-electron chi connectivity index (χ2n) is 4.78. The molecule has 2 rings (SSSR count). The monoisotopic (exact) mass is 288 g/mol. The minimum atomic E-state index is -0.284. The Balaban J connectivity index is 2.48. The van der Waals surface area contributed by atoms with Crippen LogP contribution >= 0.6 is 0 Å². The largest absolute Gasteiger partial charge is 0.497 e. The number of methoxy groups -OCH3 is 1. The molecule has 0 radical (unpaired) electrons. The summed E-state index contributed by atoms with van der Waals surface area (Å²) in [5.74, 6) is 0.233. The van der Waals surface area contributed by atoms with Gasteiger partial charge in [0, 0.05) is 17.8 Å². The lowest BCUT2D eigenvalue weighted by atomic mass is 9.97. The molecular formula is C17H21FN2O. The highest BCUT2D eigenvalue weighted by atomic mass is 19.1. The first-order chi connectivity index (χ1) is 10.2. The second kappa shape index (κ2) is 7.18. The van der Waals surface area contributed by atoms with Crippen molar-refractivity contribution in [3.8, 4) is 5.75 Å². The summed E-state index contributed by atoms with van der Waals surface area (Å²) in [5.41, 5.74) is 2.59. The summed E-state index contributed by atoms with van der Waals surface area (Å²) in [6.07, 6.45) is 2.61. The van der Waals surface area contributed by atoms with Crippen LogP contribution in [0.4, 0.5) is 4.39 Å². The van der Waals surface area contributed by atoms with E-state index in [9.17, 15) is 4.39 Å². The van der Waals surface area contributed by atoms with E-state index in [0.29, 0.717) is 11.3 Å². The van der Waals surface area contributed by atoms with Gasteiger partial charge in [0.2, 0.25) is 0 Å². The number of nitrogens with one attached hydrogen (secondary N) is 1. The number of hydrogen-bond acceptors (Lipinski definition) is 3. The molecule has 1 heterocycles. The average molecular weight is 288 g/mol. The predicted octanol–water partition coefficient (Wildman–Crippen LogP) is 3.49. The highest BCUT2D eigenvalue weighted by Crippen LogP contribution is 2.28. The van der Waals surface area contributed by atoms with Gasteiger partial charge in [-0.15, -0.1) is 0 Å². The molecule has 112 valence electrons. The summed E-state index contributed by atoms with van der Waals surface area (Å²) < 4.78 is 19.4. The van der Waals surface area contributed by atoms with Gasteiger partial charge in [-0.25, -0.2) is 4.39 Å². The molecule has 0 amide bonds. The normalized spacial score (nSPS) is 12.2. The van der Waals surface area contributed by atoms with Crippen molar-refractivity contribution in [2.45, 2.75) is 26.3 Å². The molecule has 0 saturated carbocycles. The first-order valence-corrected chi connectivity index (χ1v) is 7.21. The topological polar surface area (TPSA) is 34.1 Å². The maximum Gasteiger partial charge on any atom is 0.132 e. The molecule has 0 aliphatic heterocycles. The Morgan fingerprint density at radius 2 is 2.10 bits per heavy atom. The van der Waals surface area contributed by atoms with Crippen molar-refractivity contribution in [1.29, 1.82) is 0 Å². The van der Waals surface area contributed by atoms with Gasteiger partial charge in [-0.1, -0.05) is 26.0 Å². The fourth-order valence-corrected chi connectivity index (χ4v) is 2.44. The van der Waals surface area contributed by atoms with Crippen LogP contribution in [0.15, 0.2) is 36.5 Å². The number of aryl methyl sites for hydroxylation is 1. The summed E-state index contributed by atoms with van der Waals surface area (Å²) in [6, 6.07) is 8.64. The Morgan fingerprint density at radius 3 is 2.71 bits per heavy atom. The van der Waals surface area contributed by atoms with Crippen LogP contribution in [0.25, 0.3) is 0 Å². The number of benzene rings is 1. The number of ether oxygens (including phenoxy) is 1. The lowest BCUT2D eigenvalue weighted by Gasteiger charge is -2.21. The Labute approximate surface area is 125 Å². The highest BCUT2D eigenvalue weighted by molar-refractivity contribution is 5.37. The molecule has 0 saturated heterocycles. The summed E-state index contributed by atoms with van der Waals surface area (Å²) in [5, 5.41) is 3.32. The molecule has 0 aliphatic carbocycles. The first-order valence-electron chi connectivity index (χ1n) is 7.21. The maximum atomic E-state index is 14.4. The van der Waals surface area contributed by atoms with Gasteiger partial charge in [-0.3, -0.25) is 4.98 Å². The minimum absolute atomic E-state index is 0.253. The van der Waals surface area contributed by atoms with Crippen molar-refractivity contribution >= 4 is 0 Å². The van der Waals surface area contributed by atoms with E-state index in [1.54, 1.807) is 18.3 Å². The lowest BCUT2D eigenvalue weighted by molar-refractivity contribution is 0.410. The van der Waals surface area contributed by atoms with E-state index in [0.717, 1.165) is 24.2 Å². The molecule has 0 bridgehead atoms. The van der Waals surface area contributed by atoms with Crippen molar-refractivity contribution in [3.05, 3.63) is 59.2 Å². The fraction of sp³-hybridized carbons (Fsp3) is 0.353. The van der Waals surface area contributed by atoms with Crippen molar-refractivity contribution in [2.24, 2.45) is 0 Å². The number of halogens is 1. The SMILES string of the molecule is CCNC(c1ccc(OC)cc1F)c1ncccc1CC. The zero-order valence-corrected chi connectivity index (χ0v) is 12.7. The van der Waals surface area contributed by atoms with Crippen LogP contribution in [0.2, 0.25) is 0 Å². The zero-order valence-electron chi connectivity index (χ0n) is 12.7. The Morgan fingerprint density at radius 1 is 1.29 bits per heavy atom. The Bertz CT molecular complexity index is 601. The van der Waals surface area contributed by atoms with Crippen LogP contribution < -0.4 is 10.1 Å². The van der Waals surface area contributed by atoms with Crippen molar-refractivity contribution in [2.75, 3.05) is 13.7 Å². The van der Waals surface area contributed by atoms with Gasteiger partial charge in [-0.2, -0.15) is 0 Å². The lowest BCUT2D eigenvalue weighted by Crippen LogP contribution is -2.25. The van der Waals surface area contributed by atoms with E-state index < -0.39 is 0 Å². The standard InChI is InChI=1S/C17H21FN2O/c1-4-12-7-6-10-20-16(12)17(19-5-2)14-9-8-13(21-3)11-15(14)18/h6-11,17,19H,4-5H2,1-3H3. The minimum Gasteiger partial charge on any atom is -0.497 e. The third kappa shape index (κ3) is 3.39. The summed E-state index contributed by atoms with van der Waals surface area (Å²) in [7, 11) is 1.53. The summed E-state index contributed by atoms with van der Waals surface area (Å²) >= 11 is 0. The molecule has 1 unspecified atom stereocenters. The predicted molar refractivity (Wildman–Crippen MR) is 82.1 cm³/mol. The quantitative estimate of drug-likeness (QED) is 0.883. The van der Waals surface area contributed by atoms with Gasteiger partial charge in [0.05, 0.1) is 18.8 Å². The third-order valence-corrected chi connectivity index (χ3v) is 3.51. The summed E-state index contributed by atoms with van der Waals surface area (Å²) in [4.78, 5) is 4.47. The molecule has 1 atom stereocenters. The molecular weight excluding hydrogens is 267 g/mol. The molecule has 1 N–H and O–H groups in total. The van der Waals surface area contributed by atoms with Crippen LogP contribution in [0, 0.1) is 5.82 Å². The zero-order chi connectivity index (χ0) is 15.2. The van der Waals surface area contributed by atoms with Crippen LogP contribution in [0.1, 0.15) is 36.7 Å². The molecule has 1 aromatic carbocycles. The van der Waals surface area contributed by atoms with Crippen LogP contribution in [0.5, 0.6) is 5.75 Å². The van der Waals surface area contributed by atoms with Crippen LogP contribution in [-0.4, -0.2) is 18.6 Å². The van der Waals surface area contributed by atoms with Gasteiger partial charge in [0.15, 0.2) is 0 Å². The van der Waals surface area contributed by atoms with E-state index in [1.807, 2.05) is 19.1 Å². The fourth-order valence-electron chi connectivity index (χ4n) is 2.44. The van der Waals surface area contributed by atoms with Gasteiger partial charge in [-0.05, 0) is 30.7 Å². The van der Waals surface area contributed by atoms with E-state index in [1.165, 1.54) is 13.2 Å². The number of hydrogen-bond donors (Lipinski definition) is 1. The van der Waals surface area contributed by atoms with E-state index >= 15 is 0 Å². The molecule has 4 heteroatoms. The Hall–Kier alpha value is -1.94. The second-order valence-corrected chi connectivity index (χ2v) is 4.78. The maximum absolute atomic E-state index is 14.4. The summed E-state index contributed by atoms with van der Waals surface area (Å²) in [6.45, 7) is 4.81. The molecule has 3 nitrogen and oxygen atoms in total. The van der Waals surface area contributed by atoms with E-state index in [4.69, 9.17) is 4.74 Å². The number of pyridine rings is 1. The van der Waals surface area contributed by atoms with Crippen LogP contribution in [0.3, 0.4) is 0 Å². The molecule has 0 aliphatic rings. The number of nitrogens with zero attached hydrogens (tertiary/aromatic N) is 1. The average Bonchev–Trinajstić information content (AvgIpc) is 2.53.